The molecule has 0 amide bonds. The first kappa shape index (κ1) is 73.4. The lowest BCUT2D eigenvalue weighted by molar-refractivity contribution is -0.120. The highest BCUT2D eigenvalue weighted by molar-refractivity contribution is 5.78. The van der Waals surface area contributed by atoms with E-state index in [1.54, 1.807) is 0 Å². The summed E-state index contributed by atoms with van der Waals surface area (Å²) in [4.78, 5) is 24.2. The standard InChI is InChI=1S/2C35H70O/c2*1-3-5-7-9-11-13-15-17-19-21-23-25-27-29-31-33-35(36)34-32-30-28-26-24-22-20-18-16-14-12-10-8-6-4-2/h2*3-34H2,1-2H3. The van der Waals surface area contributed by atoms with E-state index in [4.69, 9.17) is 0 Å². The Morgan fingerprint density at radius 1 is 0.139 bits per heavy atom. The Balaban J connectivity index is 0. The van der Waals surface area contributed by atoms with Gasteiger partial charge in [-0.2, -0.15) is 0 Å². The molecule has 0 spiro atoms. The van der Waals surface area contributed by atoms with Gasteiger partial charge in [-0.05, 0) is 25.7 Å². The number of hydrogen-bond acceptors (Lipinski definition) is 2. The Morgan fingerprint density at radius 3 is 0.319 bits per heavy atom. The van der Waals surface area contributed by atoms with Gasteiger partial charge >= 0.3 is 0 Å². The number of unbranched alkanes of at least 4 members (excludes halogenated alkanes) is 56. The van der Waals surface area contributed by atoms with Crippen LogP contribution in [0.1, 0.15) is 439 Å². The second-order valence-electron chi connectivity index (χ2n) is 23.9. The molecule has 0 fully saturated rings. The maximum atomic E-state index is 12.1. The summed E-state index contributed by atoms with van der Waals surface area (Å²) < 4.78 is 0. The molecule has 0 aromatic rings. The molecule has 0 atom stereocenters. The molecule has 0 aromatic heterocycles. The van der Waals surface area contributed by atoms with Gasteiger partial charge < -0.3 is 0 Å². The third kappa shape index (κ3) is 71.4. The quantitative estimate of drug-likeness (QED) is 0.0569. The van der Waals surface area contributed by atoms with Crippen LogP contribution in [0, 0.1) is 0 Å². The molecule has 2 heteroatoms. The second kappa shape index (κ2) is 70.3. The van der Waals surface area contributed by atoms with Gasteiger partial charge in [0, 0.05) is 25.7 Å². The van der Waals surface area contributed by atoms with Gasteiger partial charge in [-0.15, -0.1) is 0 Å². The van der Waals surface area contributed by atoms with Gasteiger partial charge in [-0.3, -0.25) is 9.59 Å². The van der Waals surface area contributed by atoms with E-state index in [0.29, 0.717) is 11.6 Å². The molecular formula is C70H140O2. The molecule has 0 rings (SSSR count). The molecule has 2 nitrogen and oxygen atoms in total. The monoisotopic (exact) mass is 1010 g/mol. The van der Waals surface area contributed by atoms with Crippen molar-refractivity contribution in [2.24, 2.45) is 0 Å². The lowest BCUT2D eigenvalue weighted by Gasteiger charge is -2.04. The fraction of sp³-hybridized carbons (Fsp3) is 0.971. The van der Waals surface area contributed by atoms with E-state index < -0.39 is 0 Å². The molecule has 0 aliphatic carbocycles. The lowest BCUT2D eigenvalue weighted by atomic mass is 10.0. The summed E-state index contributed by atoms with van der Waals surface area (Å²) in [5, 5.41) is 0. The molecule has 0 aliphatic heterocycles. The number of carbonyl (C=O) groups excluding carboxylic acids is 2. The minimum Gasteiger partial charge on any atom is -0.300 e. The highest BCUT2D eigenvalue weighted by Gasteiger charge is 2.05. The van der Waals surface area contributed by atoms with Crippen molar-refractivity contribution < 1.29 is 9.59 Å². The largest absolute Gasteiger partial charge is 0.300 e. The van der Waals surface area contributed by atoms with Crippen LogP contribution in [0.25, 0.3) is 0 Å². The molecule has 0 aromatic carbocycles. The minimum atomic E-state index is 0.527. The fourth-order valence-electron chi connectivity index (χ4n) is 11.0. The van der Waals surface area contributed by atoms with Crippen LogP contribution in [-0.2, 0) is 9.59 Å². The van der Waals surface area contributed by atoms with Gasteiger partial charge in [-0.1, -0.05) is 387 Å². The maximum absolute atomic E-state index is 12.1. The van der Waals surface area contributed by atoms with Crippen LogP contribution in [-0.4, -0.2) is 11.6 Å². The normalized spacial score (nSPS) is 11.4. The molecular weight excluding hydrogens is 873 g/mol. The molecule has 432 valence electrons. The van der Waals surface area contributed by atoms with E-state index in [2.05, 4.69) is 27.7 Å². The van der Waals surface area contributed by atoms with Crippen molar-refractivity contribution in [1.82, 2.24) is 0 Å². The van der Waals surface area contributed by atoms with E-state index in [9.17, 15) is 9.59 Å². The summed E-state index contributed by atoms with van der Waals surface area (Å²) in [6.45, 7) is 9.17. The smallest absolute Gasteiger partial charge is 0.132 e. The molecule has 0 aliphatic rings. The zero-order valence-corrected chi connectivity index (χ0v) is 51.1. The van der Waals surface area contributed by atoms with E-state index in [1.807, 2.05) is 0 Å². The molecule has 0 radical (unpaired) electrons. The third-order valence-electron chi connectivity index (χ3n) is 16.2. The highest BCUT2D eigenvalue weighted by atomic mass is 16.1. The van der Waals surface area contributed by atoms with Crippen molar-refractivity contribution in [3.05, 3.63) is 0 Å². The summed E-state index contributed by atoms with van der Waals surface area (Å²) in [7, 11) is 0. The maximum Gasteiger partial charge on any atom is 0.132 e. The van der Waals surface area contributed by atoms with Crippen LogP contribution < -0.4 is 0 Å². The average molecular weight is 1010 g/mol. The zero-order chi connectivity index (χ0) is 52.4. The average Bonchev–Trinajstić information content (AvgIpc) is 3.38. The predicted octanol–water partition coefficient (Wildman–Crippen LogP) is 26.2. The van der Waals surface area contributed by atoms with Gasteiger partial charge in [-0.25, -0.2) is 0 Å². The van der Waals surface area contributed by atoms with Crippen LogP contribution >= 0.6 is 0 Å². The predicted molar refractivity (Wildman–Crippen MR) is 328 cm³/mol. The number of Topliss-reactive ketones (excluding diaryl/α,β-unsaturated/α-hetero) is 2. The fourth-order valence-corrected chi connectivity index (χ4v) is 11.0. The Labute approximate surface area is 457 Å². The van der Waals surface area contributed by atoms with E-state index >= 15 is 0 Å². The van der Waals surface area contributed by atoms with E-state index in [1.165, 1.54) is 360 Å². The number of carbonyl (C=O) groups is 2. The molecule has 72 heavy (non-hydrogen) atoms. The van der Waals surface area contributed by atoms with Crippen molar-refractivity contribution in [2.75, 3.05) is 0 Å². The minimum absolute atomic E-state index is 0.527. The molecule has 0 saturated heterocycles. The van der Waals surface area contributed by atoms with Gasteiger partial charge in [0.15, 0.2) is 0 Å². The molecule has 0 heterocycles. The Kier molecular flexibility index (Phi) is 71.7. The van der Waals surface area contributed by atoms with Gasteiger partial charge in [0.25, 0.3) is 0 Å². The van der Waals surface area contributed by atoms with Crippen molar-refractivity contribution in [1.29, 1.82) is 0 Å². The van der Waals surface area contributed by atoms with Gasteiger partial charge in [0.2, 0.25) is 0 Å². The van der Waals surface area contributed by atoms with Gasteiger partial charge in [0.1, 0.15) is 11.6 Å². The topological polar surface area (TPSA) is 34.1 Å². The third-order valence-corrected chi connectivity index (χ3v) is 16.2. The van der Waals surface area contributed by atoms with Crippen molar-refractivity contribution >= 4 is 11.6 Å². The summed E-state index contributed by atoms with van der Waals surface area (Å²) in [5.41, 5.74) is 0. The Morgan fingerprint density at radius 2 is 0.222 bits per heavy atom. The van der Waals surface area contributed by atoms with Crippen LogP contribution in [0.15, 0.2) is 0 Å². The first-order chi connectivity index (χ1) is 35.6. The second-order valence-corrected chi connectivity index (χ2v) is 23.9. The van der Waals surface area contributed by atoms with Crippen LogP contribution in [0.4, 0.5) is 0 Å². The summed E-state index contributed by atoms with van der Waals surface area (Å²) in [5.74, 6) is 1.05. The first-order valence-corrected chi connectivity index (χ1v) is 34.7. The molecule has 0 saturated carbocycles. The lowest BCUT2D eigenvalue weighted by Crippen LogP contribution is -1.97. The van der Waals surface area contributed by atoms with Crippen LogP contribution in [0.5, 0.6) is 0 Å². The molecule has 0 unspecified atom stereocenters. The summed E-state index contributed by atoms with van der Waals surface area (Å²) in [6.07, 6.45) is 86.9. The van der Waals surface area contributed by atoms with Crippen molar-refractivity contribution in [2.45, 2.75) is 439 Å². The number of rotatable bonds is 64. The van der Waals surface area contributed by atoms with E-state index in [0.717, 1.165) is 51.4 Å². The van der Waals surface area contributed by atoms with Crippen molar-refractivity contribution in [3.63, 3.8) is 0 Å². The Hall–Kier alpha value is -0.660. The van der Waals surface area contributed by atoms with E-state index in [-0.39, 0.29) is 0 Å². The van der Waals surface area contributed by atoms with Crippen molar-refractivity contribution in [3.8, 4) is 0 Å². The first-order valence-electron chi connectivity index (χ1n) is 34.7. The SMILES string of the molecule is CCCCCCCCCCCCCCCCCC(=O)CCCCCCCCCCCCCCCCC.CCCCCCCCCCCCCCCCCC(=O)CCCCCCCCCCCCCCCCC. The summed E-state index contributed by atoms with van der Waals surface area (Å²) >= 11 is 0. The Bertz CT molecular complexity index is 807. The summed E-state index contributed by atoms with van der Waals surface area (Å²) in [6, 6.07) is 0. The van der Waals surface area contributed by atoms with Gasteiger partial charge in [0.05, 0.1) is 0 Å². The van der Waals surface area contributed by atoms with Crippen LogP contribution in [0.3, 0.4) is 0 Å². The molecule has 0 N–H and O–H groups in total. The molecule has 0 bridgehead atoms. The highest BCUT2D eigenvalue weighted by Crippen LogP contribution is 2.19. The number of ketones is 2. The van der Waals surface area contributed by atoms with Crippen LogP contribution in [0.2, 0.25) is 0 Å². The number of hydrogen-bond donors (Lipinski definition) is 0. The zero-order valence-electron chi connectivity index (χ0n) is 51.1.